The number of unbranched alkanes of at least 4 members (excludes halogenated alkanes) is 22. The van der Waals surface area contributed by atoms with Crippen molar-refractivity contribution in [1.82, 2.24) is 0 Å². The van der Waals surface area contributed by atoms with Gasteiger partial charge in [0.25, 0.3) is 0 Å². The average molecular weight is 725 g/mol. The van der Waals surface area contributed by atoms with Crippen LogP contribution in [0.25, 0.3) is 0 Å². The Kier molecular flexibility index (Phi) is 43.3. The van der Waals surface area contributed by atoms with Gasteiger partial charge in [-0.2, -0.15) is 0 Å². The molecule has 0 aliphatic rings. The molecule has 0 rings (SSSR count). The van der Waals surface area contributed by atoms with E-state index in [2.05, 4.69) is 52.0 Å². The Morgan fingerprint density at radius 2 is 0.588 bits per heavy atom. The van der Waals surface area contributed by atoms with Crippen LogP contribution in [0.1, 0.15) is 214 Å². The number of hydrogen-bond donors (Lipinski definition) is 0. The van der Waals surface area contributed by atoms with Crippen molar-refractivity contribution in [3.8, 4) is 0 Å². The number of hydroxylamine groups is 6. The van der Waals surface area contributed by atoms with Gasteiger partial charge in [0.2, 0.25) is 0 Å². The van der Waals surface area contributed by atoms with Gasteiger partial charge < -0.3 is 0 Å². The van der Waals surface area contributed by atoms with Crippen LogP contribution < -0.4 is 0 Å². The van der Waals surface area contributed by atoms with Crippen molar-refractivity contribution < 1.29 is 28.6 Å². The molecule has 0 aliphatic heterocycles. The fraction of sp³-hybridized carbons (Fsp3) is 0.867. The first kappa shape index (κ1) is 53.7. The lowest BCUT2D eigenvalue weighted by atomic mass is 10.1. The molecule has 0 aromatic rings. The fourth-order valence-electron chi connectivity index (χ4n) is 5.38. The van der Waals surface area contributed by atoms with Gasteiger partial charge in [-0.05, 0) is 64.2 Å². The maximum absolute atomic E-state index is 11.5. The second kappa shape index (κ2) is 41.1. The molecule has 6 nitrogen and oxygen atoms in total. The third kappa shape index (κ3) is 57.9. The van der Waals surface area contributed by atoms with E-state index in [0.29, 0.717) is 12.8 Å². The SMILES string of the molecule is CCC.CCCCCCCC/C=C\CCCCCCCC(=O)O[N+](C)(C)C.CCCCCCCC/C=C\CCCCCCCC(=O)O[N+](C)(C)C. The summed E-state index contributed by atoms with van der Waals surface area (Å²) in [4.78, 5) is 33.6. The molecule has 304 valence electrons. The minimum Gasteiger partial charge on any atom is -0.277 e. The molecule has 0 saturated heterocycles. The van der Waals surface area contributed by atoms with Crippen molar-refractivity contribution in [3.63, 3.8) is 0 Å². The van der Waals surface area contributed by atoms with Crippen LogP contribution in [-0.4, -0.2) is 63.5 Å². The molecule has 0 saturated carbocycles. The second-order valence-electron chi connectivity index (χ2n) is 16.1. The number of rotatable bonds is 32. The summed E-state index contributed by atoms with van der Waals surface area (Å²) in [6, 6.07) is 0. The number of quaternary nitrogens is 2. The molecule has 51 heavy (non-hydrogen) atoms. The summed E-state index contributed by atoms with van der Waals surface area (Å²) in [7, 11) is 11.2. The predicted octanol–water partition coefficient (Wildman–Crippen LogP) is 13.8. The molecule has 0 N–H and O–H groups in total. The molecule has 0 atom stereocenters. The van der Waals surface area contributed by atoms with E-state index in [1.54, 1.807) is 0 Å². The van der Waals surface area contributed by atoms with Gasteiger partial charge in [0.15, 0.2) is 0 Å². The summed E-state index contributed by atoms with van der Waals surface area (Å²) in [5.74, 6) is -0.166. The Bertz CT molecular complexity index is 716. The molecule has 6 heteroatoms. The summed E-state index contributed by atoms with van der Waals surface area (Å²) in [5, 5.41) is 0. The highest BCUT2D eigenvalue weighted by Gasteiger charge is 2.15. The molecule has 0 aromatic carbocycles. The molecule has 0 radical (unpaired) electrons. The van der Waals surface area contributed by atoms with Crippen molar-refractivity contribution in [1.29, 1.82) is 0 Å². The van der Waals surface area contributed by atoms with Crippen LogP contribution in [0.5, 0.6) is 0 Å². The molecule has 0 unspecified atom stereocenters. The van der Waals surface area contributed by atoms with Gasteiger partial charge in [-0.15, -0.1) is 9.29 Å². The van der Waals surface area contributed by atoms with E-state index in [9.17, 15) is 9.59 Å². The molecule has 0 amide bonds. The number of carbonyl (C=O) groups excluding carboxylic acids is 2. The van der Waals surface area contributed by atoms with Crippen molar-refractivity contribution in [2.24, 2.45) is 0 Å². The van der Waals surface area contributed by atoms with Crippen molar-refractivity contribution in [2.75, 3.05) is 42.3 Å². The van der Waals surface area contributed by atoms with E-state index in [0.717, 1.165) is 25.7 Å². The Hall–Kier alpha value is -1.66. The standard InChI is InChI=1S/2C21H42NO2.C3H8/c2*1-5-6-7-8-9-10-11-12-13-14-15-16-17-18-19-20-21(23)24-22(2,3)4;1-3-2/h2*12-13H,5-11,14-20H2,1-4H3;3H2,1-2H3/q2*+1;/b2*13-12-;. The van der Waals surface area contributed by atoms with E-state index < -0.39 is 0 Å². The molecular weight excluding hydrogens is 633 g/mol. The van der Waals surface area contributed by atoms with Crippen LogP contribution in [0.4, 0.5) is 0 Å². The van der Waals surface area contributed by atoms with Crippen LogP contribution in [0.3, 0.4) is 0 Å². The maximum atomic E-state index is 11.5. The number of allylic oxidation sites excluding steroid dienone is 4. The lowest BCUT2D eigenvalue weighted by Gasteiger charge is -2.20. The summed E-state index contributed by atoms with van der Waals surface area (Å²) >= 11 is 0. The van der Waals surface area contributed by atoms with E-state index in [4.69, 9.17) is 9.68 Å². The quantitative estimate of drug-likeness (QED) is 0.0300. The lowest BCUT2D eigenvalue weighted by Crippen LogP contribution is -2.36. The van der Waals surface area contributed by atoms with E-state index >= 15 is 0 Å². The van der Waals surface area contributed by atoms with Crippen LogP contribution in [0.2, 0.25) is 0 Å². The van der Waals surface area contributed by atoms with Crippen molar-refractivity contribution in [3.05, 3.63) is 24.3 Å². The highest BCUT2D eigenvalue weighted by atomic mass is 16.7. The predicted molar refractivity (Wildman–Crippen MR) is 223 cm³/mol. The summed E-state index contributed by atoms with van der Waals surface area (Å²) in [5.41, 5.74) is 0. The van der Waals surface area contributed by atoms with Crippen LogP contribution in [-0.2, 0) is 19.3 Å². The Morgan fingerprint density at radius 3 is 0.824 bits per heavy atom. The van der Waals surface area contributed by atoms with Gasteiger partial charge in [0, 0.05) is 0 Å². The smallest absolute Gasteiger partial charge is 0.277 e. The zero-order valence-electron chi connectivity index (χ0n) is 36.3. The highest BCUT2D eigenvalue weighted by molar-refractivity contribution is 5.68. The Labute approximate surface area is 320 Å². The minimum atomic E-state index is -0.0832. The van der Waals surface area contributed by atoms with Gasteiger partial charge in [-0.3, -0.25) is 9.68 Å². The maximum Gasteiger partial charge on any atom is 0.366 e. The number of hydrogen-bond acceptors (Lipinski definition) is 4. The van der Waals surface area contributed by atoms with Gasteiger partial charge in [-0.1, -0.05) is 161 Å². The molecule has 0 spiro atoms. The first-order valence-corrected chi connectivity index (χ1v) is 21.7. The molecule has 0 aromatic heterocycles. The number of carbonyl (C=O) groups is 2. The normalized spacial score (nSPS) is 11.6. The zero-order chi connectivity index (χ0) is 38.9. The zero-order valence-corrected chi connectivity index (χ0v) is 36.3. The minimum absolute atomic E-state index is 0.0832. The monoisotopic (exact) mass is 725 g/mol. The molecule has 0 aliphatic carbocycles. The fourth-order valence-corrected chi connectivity index (χ4v) is 5.38. The summed E-state index contributed by atoms with van der Waals surface area (Å²) in [6.07, 6.45) is 45.0. The Balaban J connectivity index is -0.000000838. The summed E-state index contributed by atoms with van der Waals surface area (Å²) < 4.78 is 0.508. The molecule has 0 bridgehead atoms. The average Bonchev–Trinajstić information content (AvgIpc) is 3.04. The van der Waals surface area contributed by atoms with E-state index in [1.165, 1.54) is 148 Å². The first-order valence-electron chi connectivity index (χ1n) is 21.7. The topological polar surface area (TPSA) is 52.6 Å². The molecule has 0 heterocycles. The van der Waals surface area contributed by atoms with Crippen molar-refractivity contribution in [2.45, 2.75) is 214 Å². The van der Waals surface area contributed by atoms with Gasteiger partial charge in [0.1, 0.15) is 42.3 Å². The highest BCUT2D eigenvalue weighted by Crippen LogP contribution is 2.12. The second-order valence-corrected chi connectivity index (χ2v) is 16.1. The molecular formula is C45H92N2O4+2. The van der Waals surface area contributed by atoms with Crippen molar-refractivity contribution >= 4 is 11.9 Å². The lowest BCUT2D eigenvalue weighted by molar-refractivity contribution is -1.04. The van der Waals surface area contributed by atoms with E-state index in [1.807, 2.05) is 42.3 Å². The third-order valence-electron chi connectivity index (χ3n) is 8.04. The van der Waals surface area contributed by atoms with Crippen LogP contribution in [0.15, 0.2) is 24.3 Å². The van der Waals surface area contributed by atoms with Gasteiger partial charge in [0.05, 0.1) is 12.8 Å². The summed E-state index contributed by atoms with van der Waals surface area (Å²) in [6.45, 7) is 8.78. The van der Waals surface area contributed by atoms with Crippen LogP contribution in [0, 0.1) is 0 Å². The third-order valence-corrected chi connectivity index (χ3v) is 8.04. The largest absolute Gasteiger partial charge is 0.366 e. The molecule has 0 fully saturated rings. The van der Waals surface area contributed by atoms with Crippen LogP contribution >= 0.6 is 0 Å². The van der Waals surface area contributed by atoms with E-state index in [-0.39, 0.29) is 21.2 Å². The van der Waals surface area contributed by atoms with Gasteiger partial charge >= 0.3 is 11.9 Å². The Morgan fingerprint density at radius 1 is 0.373 bits per heavy atom. The van der Waals surface area contributed by atoms with Gasteiger partial charge in [-0.25, -0.2) is 9.59 Å². The number of nitrogens with zero attached hydrogens (tertiary/aromatic N) is 2. The first-order chi connectivity index (χ1) is 24.3.